The molecule has 0 bridgehead atoms. The number of hydrogen-bond acceptors (Lipinski definition) is 2. The zero-order valence-electron chi connectivity index (χ0n) is 12.6. The Balaban J connectivity index is 2.06. The third-order valence-corrected chi connectivity index (χ3v) is 3.40. The van der Waals surface area contributed by atoms with Crippen LogP contribution in [-0.4, -0.2) is 11.7 Å². The van der Waals surface area contributed by atoms with Crippen LogP contribution in [0, 0.1) is 13.8 Å². The lowest BCUT2D eigenvalue weighted by molar-refractivity contribution is 0.342. The number of nitrogens with one attached hydrogen (secondary N) is 2. The molecule has 21 heavy (non-hydrogen) atoms. The molecule has 0 saturated carbocycles. The molecule has 0 aliphatic heterocycles. The van der Waals surface area contributed by atoms with E-state index in [-0.39, 0.29) is 0 Å². The first-order valence-electron chi connectivity index (χ1n) is 6.97. The summed E-state index contributed by atoms with van der Waals surface area (Å²) in [6.45, 7) is 6.76. The lowest BCUT2D eigenvalue weighted by atomic mass is 10.1. The molecule has 0 aliphatic rings. The van der Waals surface area contributed by atoms with E-state index in [0.717, 1.165) is 17.1 Å². The molecule has 0 spiro atoms. The summed E-state index contributed by atoms with van der Waals surface area (Å²) in [5, 5.41) is 6.91. The summed E-state index contributed by atoms with van der Waals surface area (Å²) in [5.41, 5.74) is 4.34. The third-order valence-electron chi connectivity index (χ3n) is 3.20. The molecular formula is C17H20N2OS. The van der Waals surface area contributed by atoms with Crippen LogP contribution in [0.15, 0.2) is 42.5 Å². The minimum atomic E-state index is 0.547. The van der Waals surface area contributed by atoms with Gasteiger partial charge in [0.25, 0.3) is 0 Å². The maximum absolute atomic E-state index is 5.57. The van der Waals surface area contributed by atoms with E-state index in [1.165, 1.54) is 11.1 Å². The first kappa shape index (κ1) is 15.3. The van der Waals surface area contributed by atoms with Crippen LogP contribution in [0.4, 0.5) is 11.4 Å². The lowest BCUT2D eigenvalue weighted by Crippen LogP contribution is -2.19. The molecule has 2 N–H and O–H groups in total. The van der Waals surface area contributed by atoms with Crippen LogP contribution in [0.25, 0.3) is 0 Å². The van der Waals surface area contributed by atoms with E-state index in [9.17, 15) is 0 Å². The van der Waals surface area contributed by atoms with Gasteiger partial charge < -0.3 is 15.4 Å². The van der Waals surface area contributed by atoms with Gasteiger partial charge >= 0.3 is 0 Å². The largest absolute Gasteiger partial charge is 0.492 e. The minimum Gasteiger partial charge on any atom is -0.492 e. The van der Waals surface area contributed by atoms with E-state index in [2.05, 4.69) is 36.6 Å². The Kier molecular flexibility index (Phi) is 5.17. The Labute approximate surface area is 131 Å². The van der Waals surface area contributed by atoms with Gasteiger partial charge in [-0.15, -0.1) is 0 Å². The molecular weight excluding hydrogens is 280 g/mol. The van der Waals surface area contributed by atoms with Crippen LogP contribution < -0.4 is 15.4 Å². The number of rotatable bonds is 4. The number of ether oxygens (including phenoxy) is 1. The van der Waals surface area contributed by atoms with Crippen molar-refractivity contribution in [1.29, 1.82) is 0 Å². The summed E-state index contributed by atoms with van der Waals surface area (Å²) in [6.07, 6.45) is 0. The van der Waals surface area contributed by atoms with Gasteiger partial charge in [0.05, 0.1) is 12.3 Å². The molecule has 0 fully saturated rings. The predicted molar refractivity (Wildman–Crippen MR) is 93.4 cm³/mol. The molecule has 0 unspecified atom stereocenters. The van der Waals surface area contributed by atoms with Crippen LogP contribution in [0.2, 0.25) is 0 Å². The topological polar surface area (TPSA) is 33.3 Å². The van der Waals surface area contributed by atoms with Gasteiger partial charge in [-0.1, -0.05) is 18.2 Å². The molecule has 0 aromatic heterocycles. The average Bonchev–Trinajstić information content (AvgIpc) is 2.45. The average molecular weight is 300 g/mol. The Morgan fingerprint density at radius 1 is 1.05 bits per heavy atom. The summed E-state index contributed by atoms with van der Waals surface area (Å²) < 4.78 is 5.57. The molecule has 2 aromatic carbocycles. The second-order valence-electron chi connectivity index (χ2n) is 4.81. The summed E-state index contributed by atoms with van der Waals surface area (Å²) in [4.78, 5) is 0. The zero-order valence-corrected chi connectivity index (χ0v) is 13.4. The Bertz CT molecular complexity index is 640. The molecule has 0 saturated heterocycles. The summed E-state index contributed by atoms with van der Waals surface area (Å²) in [5.74, 6) is 0.796. The number of thiocarbonyl (C=S) groups is 1. The monoisotopic (exact) mass is 300 g/mol. The Hall–Kier alpha value is -2.07. The predicted octanol–water partition coefficient (Wildman–Crippen LogP) is 4.51. The zero-order chi connectivity index (χ0) is 15.2. The van der Waals surface area contributed by atoms with Crippen LogP contribution in [-0.2, 0) is 0 Å². The SMILES string of the molecule is CCOc1ccccc1NC(=S)Nc1ccc(C)c(C)c1. The van der Waals surface area contributed by atoms with Crippen LogP contribution in [0.3, 0.4) is 0 Å². The normalized spacial score (nSPS) is 10.0. The van der Waals surface area contributed by atoms with Gasteiger partial charge in [0.2, 0.25) is 0 Å². The van der Waals surface area contributed by atoms with Crippen molar-refractivity contribution in [2.45, 2.75) is 20.8 Å². The number of benzene rings is 2. The van der Waals surface area contributed by atoms with Crippen molar-refractivity contribution in [1.82, 2.24) is 0 Å². The number of aryl methyl sites for hydroxylation is 2. The van der Waals surface area contributed by atoms with Gasteiger partial charge in [-0.3, -0.25) is 0 Å². The van der Waals surface area contributed by atoms with Crippen molar-refractivity contribution < 1.29 is 4.74 Å². The molecule has 0 aliphatic carbocycles. The number of hydrogen-bond donors (Lipinski definition) is 2. The quantitative estimate of drug-likeness (QED) is 0.814. The first-order chi connectivity index (χ1) is 10.1. The fraction of sp³-hybridized carbons (Fsp3) is 0.235. The van der Waals surface area contributed by atoms with Gasteiger partial charge in [0.15, 0.2) is 5.11 Å². The Morgan fingerprint density at radius 3 is 2.52 bits per heavy atom. The maximum Gasteiger partial charge on any atom is 0.175 e. The van der Waals surface area contributed by atoms with Gasteiger partial charge in [0.1, 0.15) is 5.75 Å². The van der Waals surface area contributed by atoms with Gasteiger partial charge in [-0.2, -0.15) is 0 Å². The molecule has 0 amide bonds. The van der Waals surface area contributed by atoms with E-state index in [0.29, 0.717) is 11.7 Å². The van der Waals surface area contributed by atoms with Crippen molar-refractivity contribution in [3.05, 3.63) is 53.6 Å². The fourth-order valence-corrected chi connectivity index (χ4v) is 2.18. The van der Waals surface area contributed by atoms with Crippen LogP contribution in [0.1, 0.15) is 18.1 Å². The Morgan fingerprint density at radius 2 is 1.81 bits per heavy atom. The molecule has 2 aromatic rings. The second-order valence-corrected chi connectivity index (χ2v) is 5.22. The fourth-order valence-electron chi connectivity index (χ4n) is 1.96. The van der Waals surface area contributed by atoms with Crippen LogP contribution in [0.5, 0.6) is 5.75 Å². The third kappa shape index (κ3) is 4.20. The highest BCUT2D eigenvalue weighted by atomic mass is 32.1. The summed E-state index contributed by atoms with van der Waals surface area (Å²) in [7, 11) is 0. The molecule has 3 nitrogen and oxygen atoms in total. The molecule has 110 valence electrons. The van der Waals surface area contributed by atoms with E-state index in [1.807, 2.05) is 37.3 Å². The molecule has 0 atom stereocenters. The smallest absolute Gasteiger partial charge is 0.175 e. The molecule has 2 rings (SSSR count). The number of anilines is 2. The van der Waals surface area contributed by atoms with E-state index in [1.54, 1.807) is 0 Å². The standard InChI is InChI=1S/C17H20N2OS/c1-4-20-16-8-6-5-7-15(16)19-17(21)18-14-10-9-12(2)13(3)11-14/h5-11H,4H2,1-3H3,(H2,18,19,21). The molecule has 0 heterocycles. The lowest BCUT2D eigenvalue weighted by Gasteiger charge is -2.14. The highest BCUT2D eigenvalue weighted by molar-refractivity contribution is 7.80. The highest BCUT2D eigenvalue weighted by Crippen LogP contribution is 2.24. The van der Waals surface area contributed by atoms with Crippen molar-refractivity contribution in [3.8, 4) is 5.75 Å². The van der Waals surface area contributed by atoms with Gasteiger partial charge in [0, 0.05) is 5.69 Å². The van der Waals surface area contributed by atoms with Crippen molar-refractivity contribution in [3.63, 3.8) is 0 Å². The van der Waals surface area contributed by atoms with E-state index in [4.69, 9.17) is 17.0 Å². The van der Waals surface area contributed by atoms with E-state index < -0.39 is 0 Å². The second kappa shape index (κ2) is 7.09. The van der Waals surface area contributed by atoms with Crippen molar-refractivity contribution in [2.75, 3.05) is 17.2 Å². The van der Waals surface area contributed by atoms with Gasteiger partial charge in [-0.05, 0) is 68.4 Å². The molecule has 4 heteroatoms. The minimum absolute atomic E-state index is 0.547. The van der Waals surface area contributed by atoms with Crippen molar-refractivity contribution >= 4 is 28.7 Å². The summed E-state index contributed by atoms with van der Waals surface area (Å²) in [6, 6.07) is 13.9. The first-order valence-corrected chi connectivity index (χ1v) is 7.38. The van der Waals surface area contributed by atoms with E-state index >= 15 is 0 Å². The van der Waals surface area contributed by atoms with Crippen molar-refractivity contribution in [2.24, 2.45) is 0 Å². The molecule has 0 radical (unpaired) electrons. The van der Waals surface area contributed by atoms with Gasteiger partial charge in [-0.25, -0.2) is 0 Å². The number of para-hydroxylation sites is 2. The highest BCUT2D eigenvalue weighted by Gasteiger charge is 2.05. The maximum atomic E-state index is 5.57. The van der Waals surface area contributed by atoms with Crippen LogP contribution >= 0.6 is 12.2 Å². The summed E-state index contributed by atoms with van der Waals surface area (Å²) >= 11 is 5.36.